The molecule has 0 N–H and O–H groups in total. The standard InChI is InChI=1S/C60H108O6/c1-4-7-10-13-16-19-22-25-27-28-29-30-31-32-34-35-38-41-44-47-50-53-59(62)65-56-57(55-64-58(61)52-49-46-43-40-37-24-21-18-15-12-9-6-3)66-60(63)54-51-48-45-42-39-36-33-26-23-20-17-14-11-8-5-2/h8,11,17,20,26,28-29,33,57H,4-7,9-10,12-16,18-19,21-25,27,30-32,34-56H2,1-3H3/b11-8-,20-17-,29-28-,33-26-. The van der Waals surface area contributed by atoms with Crippen LogP contribution in [0.3, 0.4) is 0 Å². The first-order valence-electron chi connectivity index (χ1n) is 28.6. The quantitative estimate of drug-likeness (QED) is 0.0262. The highest BCUT2D eigenvalue weighted by Crippen LogP contribution is 2.16. The van der Waals surface area contributed by atoms with Gasteiger partial charge in [0.1, 0.15) is 13.2 Å². The van der Waals surface area contributed by atoms with Gasteiger partial charge in [0.2, 0.25) is 0 Å². The van der Waals surface area contributed by atoms with Crippen LogP contribution in [0.4, 0.5) is 0 Å². The lowest BCUT2D eigenvalue weighted by molar-refractivity contribution is -0.167. The third kappa shape index (κ3) is 52.3. The van der Waals surface area contributed by atoms with E-state index in [0.717, 1.165) is 96.3 Å². The van der Waals surface area contributed by atoms with Crippen LogP contribution in [0.15, 0.2) is 48.6 Å². The minimum Gasteiger partial charge on any atom is -0.462 e. The van der Waals surface area contributed by atoms with Gasteiger partial charge >= 0.3 is 17.9 Å². The number of carbonyl (C=O) groups is 3. The second-order valence-corrected chi connectivity index (χ2v) is 19.2. The van der Waals surface area contributed by atoms with Gasteiger partial charge < -0.3 is 14.2 Å². The lowest BCUT2D eigenvalue weighted by atomic mass is 10.0. The summed E-state index contributed by atoms with van der Waals surface area (Å²) in [5.74, 6) is -0.885. The molecule has 0 fully saturated rings. The molecule has 0 aromatic rings. The van der Waals surface area contributed by atoms with Crippen molar-refractivity contribution in [1.82, 2.24) is 0 Å². The van der Waals surface area contributed by atoms with E-state index in [9.17, 15) is 14.4 Å². The fourth-order valence-electron chi connectivity index (χ4n) is 8.28. The molecule has 0 aliphatic carbocycles. The van der Waals surface area contributed by atoms with Crippen LogP contribution in [-0.4, -0.2) is 37.2 Å². The van der Waals surface area contributed by atoms with Crippen LogP contribution in [0.5, 0.6) is 0 Å². The Morgan fingerprint density at radius 3 is 0.939 bits per heavy atom. The van der Waals surface area contributed by atoms with Crippen molar-refractivity contribution in [2.45, 2.75) is 303 Å². The summed E-state index contributed by atoms with van der Waals surface area (Å²) in [6, 6.07) is 0. The number of hydrogen-bond donors (Lipinski definition) is 0. The van der Waals surface area contributed by atoms with Crippen molar-refractivity contribution in [3.63, 3.8) is 0 Å². The molecule has 0 saturated carbocycles. The first-order valence-corrected chi connectivity index (χ1v) is 28.6. The second-order valence-electron chi connectivity index (χ2n) is 19.2. The minimum absolute atomic E-state index is 0.0780. The Morgan fingerprint density at radius 1 is 0.318 bits per heavy atom. The molecule has 6 nitrogen and oxygen atoms in total. The third-order valence-electron chi connectivity index (χ3n) is 12.6. The normalized spacial score (nSPS) is 12.3. The second kappa shape index (κ2) is 55.0. The Hall–Kier alpha value is -2.63. The highest BCUT2D eigenvalue weighted by Gasteiger charge is 2.19. The average Bonchev–Trinajstić information content (AvgIpc) is 3.31. The molecule has 0 radical (unpaired) electrons. The van der Waals surface area contributed by atoms with E-state index >= 15 is 0 Å². The lowest BCUT2D eigenvalue weighted by Gasteiger charge is -2.18. The van der Waals surface area contributed by atoms with Crippen molar-refractivity contribution >= 4 is 17.9 Å². The molecular weight excluding hydrogens is 817 g/mol. The average molecular weight is 926 g/mol. The molecule has 1 atom stereocenters. The third-order valence-corrected chi connectivity index (χ3v) is 12.6. The molecule has 6 heteroatoms. The Kier molecular flexibility index (Phi) is 52.8. The van der Waals surface area contributed by atoms with Crippen molar-refractivity contribution < 1.29 is 28.6 Å². The van der Waals surface area contributed by atoms with Gasteiger partial charge in [0.25, 0.3) is 0 Å². The Balaban J connectivity index is 4.31. The van der Waals surface area contributed by atoms with Crippen LogP contribution in [0.25, 0.3) is 0 Å². The number of unbranched alkanes of at least 4 members (excludes halogenated alkanes) is 33. The predicted octanol–water partition coefficient (Wildman–Crippen LogP) is 19.0. The topological polar surface area (TPSA) is 78.9 Å². The largest absolute Gasteiger partial charge is 0.462 e. The summed E-state index contributed by atoms with van der Waals surface area (Å²) in [5, 5.41) is 0. The number of esters is 3. The Labute approximate surface area is 409 Å². The van der Waals surface area contributed by atoms with Crippen molar-refractivity contribution in [2.75, 3.05) is 13.2 Å². The first-order chi connectivity index (χ1) is 32.5. The molecule has 0 bridgehead atoms. The molecule has 0 aliphatic rings. The van der Waals surface area contributed by atoms with Gasteiger partial charge in [-0.15, -0.1) is 0 Å². The molecule has 0 amide bonds. The van der Waals surface area contributed by atoms with E-state index in [1.54, 1.807) is 0 Å². The van der Waals surface area contributed by atoms with Crippen LogP contribution in [-0.2, 0) is 28.6 Å². The summed E-state index contributed by atoms with van der Waals surface area (Å²) in [6.45, 7) is 6.54. The van der Waals surface area contributed by atoms with Crippen LogP contribution in [0, 0.1) is 0 Å². The number of carbonyl (C=O) groups excluding carboxylic acids is 3. The van der Waals surface area contributed by atoms with Crippen molar-refractivity contribution in [2.24, 2.45) is 0 Å². The zero-order valence-corrected chi connectivity index (χ0v) is 44.0. The SMILES string of the molecule is CC/C=C\C/C=C\C/C=C\CCCCCCCC(=O)OC(COC(=O)CCCCCCCCCCC/C=C\CCCCCCCCCC)COC(=O)CCCCCCCCCCCCCC. The van der Waals surface area contributed by atoms with Gasteiger partial charge in [-0.25, -0.2) is 0 Å². The summed E-state index contributed by atoms with van der Waals surface area (Å²) < 4.78 is 16.8. The van der Waals surface area contributed by atoms with E-state index in [1.807, 2.05) is 0 Å². The summed E-state index contributed by atoms with van der Waals surface area (Å²) in [7, 11) is 0. The van der Waals surface area contributed by atoms with Crippen molar-refractivity contribution in [1.29, 1.82) is 0 Å². The Morgan fingerprint density at radius 2 is 0.591 bits per heavy atom. The zero-order valence-electron chi connectivity index (χ0n) is 44.0. The highest BCUT2D eigenvalue weighted by molar-refractivity contribution is 5.71. The van der Waals surface area contributed by atoms with E-state index in [1.165, 1.54) is 161 Å². The first kappa shape index (κ1) is 63.4. The molecule has 0 aliphatic heterocycles. The maximum absolute atomic E-state index is 12.8. The van der Waals surface area contributed by atoms with Crippen LogP contribution in [0.1, 0.15) is 297 Å². The predicted molar refractivity (Wildman–Crippen MR) is 284 cm³/mol. The van der Waals surface area contributed by atoms with E-state index in [-0.39, 0.29) is 31.1 Å². The van der Waals surface area contributed by atoms with Crippen LogP contribution in [0.2, 0.25) is 0 Å². The number of ether oxygens (including phenoxy) is 3. The molecule has 0 spiro atoms. The van der Waals surface area contributed by atoms with E-state index < -0.39 is 6.10 Å². The summed E-state index contributed by atoms with van der Waals surface area (Å²) in [5.41, 5.74) is 0. The molecule has 0 rings (SSSR count). The van der Waals surface area contributed by atoms with Gasteiger partial charge in [-0.1, -0.05) is 249 Å². The highest BCUT2D eigenvalue weighted by atomic mass is 16.6. The summed E-state index contributed by atoms with van der Waals surface area (Å²) in [4.78, 5) is 38.1. The van der Waals surface area contributed by atoms with E-state index in [4.69, 9.17) is 14.2 Å². The molecule has 1 unspecified atom stereocenters. The number of rotatable bonds is 52. The molecular formula is C60H108O6. The number of allylic oxidation sites excluding steroid dienone is 8. The molecule has 0 aromatic carbocycles. The number of hydrogen-bond acceptors (Lipinski definition) is 6. The van der Waals surface area contributed by atoms with Crippen LogP contribution < -0.4 is 0 Å². The maximum Gasteiger partial charge on any atom is 0.306 e. The summed E-state index contributed by atoms with van der Waals surface area (Å²) in [6.07, 6.45) is 66.7. The smallest absolute Gasteiger partial charge is 0.306 e. The van der Waals surface area contributed by atoms with Gasteiger partial charge in [-0.3, -0.25) is 14.4 Å². The minimum atomic E-state index is -0.780. The monoisotopic (exact) mass is 925 g/mol. The zero-order chi connectivity index (χ0) is 47.9. The van der Waals surface area contributed by atoms with Crippen molar-refractivity contribution in [3.05, 3.63) is 48.6 Å². The van der Waals surface area contributed by atoms with Gasteiger partial charge in [0.05, 0.1) is 0 Å². The summed E-state index contributed by atoms with van der Waals surface area (Å²) >= 11 is 0. The van der Waals surface area contributed by atoms with Gasteiger partial charge in [-0.05, 0) is 77.0 Å². The molecule has 0 heterocycles. The van der Waals surface area contributed by atoms with E-state index in [0.29, 0.717) is 19.3 Å². The molecule has 0 aromatic heterocycles. The molecule has 0 saturated heterocycles. The Bertz CT molecular complexity index is 1150. The fourth-order valence-corrected chi connectivity index (χ4v) is 8.28. The molecule has 384 valence electrons. The lowest BCUT2D eigenvalue weighted by Crippen LogP contribution is -2.30. The fraction of sp³-hybridized carbons (Fsp3) is 0.817. The van der Waals surface area contributed by atoms with Gasteiger partial charge in [-0.2, -0.15) is 0 Å². The van der Waals surface area contributed by atoms with Crippen LogP contribution >= 0.6 is 0 Å². The molecule has 66 heavy (non-hydrogen) atoms. The van der Waals surface area contributed by atoms with E-state index in [2.05, 4.69) is 69.4 Å². The maximum atomic E-state index is 12.8. The van der Waals surface area contributed by atoms with Crippen molar-refractivity contribution in [3.8, 4) is 0 Å². The van der Waals surface area contributed by atoms with Gasteiger partial charge in [0.15, 0.2) is 6.10 Å². The van der Waals surface area contributed by atoms with Gasteiger partial charge in [0, 0.05) is 19.3 Å².